The van der Waals surface area contributed by atoms with Crippen LogP contribution in [0.25, 0.3) is 6.08 Å². The number of para-hydroxylation sites is 1. The predicted molar refractivity (Wildman–Crippen MR) is 82.4 cm³/mol. The Bertz CT molecular complexity index is 679. The van der Waals surface area contributed by atoms with Gasteiger partial charge >= 0.3 is 0 Å². The molecule has 2 aromatic rings. The Morgan fingerprint density at radius 2 is 1.86 bits per heavy atom. The molecule has 2 aromatic carbocycles. The van der Waals surface area contributed by atoms with Crippen molar-refractivity contribution in [1.82, 2.24) is 0 Å². The van der Waals surface area contributed by atoms with Crippen LogP contribution in [-0.4, -0.2) is 16.2 Å². The lowest BCUT2D eigenvalue weighted by Crippen LogP contribution is -1.90. The van der Waals surface area contributed by atoms with Gasteiger partial charge < -0.3 is 5.11 Å². The first kappa shape index (κ1) is 14.3. The Labute approximate surface area is 121 Å². The summed E-state index contributed by atoms with van der Waals surface area (Å²) in [6, 6.07) is 12.9. The number of aromatic hydroxyl groups is 1. The molecule has 0 amide bonds. The van der Waals surface area contributed by atoms with Crippen molar-refractivity contribution in [3.05, 3.63) is 70.3 Å². The van der Waals surface area contributed by atoms with Crippen molar-refractivity contribution in [3.63, 3.8) is 0 Å². The van der Waals surface area contributed by atoms with Gasteiger partial charge in [-0.05, 0) is 30.4 Å². The van der Waals surface area contributed by atoms with Gasteiger partial charge in [0.15, 0.2) is 0 Å². The molecule has 2 N–H and O–H groups in total. The van der Waals surface area contributed by atoms with Gasteiger partial charge in [-0.2, -0.15) is 5.10 Å². The summed E-state index contributed by atoms with van der Waals surface area (Å²) in [4.78, 5) is 10.0. The van der Waals surface area contributed by atoms with Gasteiger partial charge in [-0.1, -0.05) is 18.2 Å². The lowest BCUT2D eigenvalue weighted by Gasteiger charge is -1.98. The molecule has 0 aliphatic heterocycles. The number of hydrazone groups is 1. The van der Waals surface area contributed by atoms with Crippen LogP contribution in [0.2, 0.25) is 0 Å². The van der Waals surface area contributed by atoms with Crippen molar-refractivity contribution in [2.75, 3.05) is 5.43 Å². The summed E-state index contributed by atoms with van der Waals surface area (Å²) in [5.41, 5.74) is 4.12. The summed E-state index contributed by atoms with van der Waals surface area (Å²) in [5, 5.41) is 24.0. The van der Waals surface area contributed by atoms with Crippen molar-refractivity contribution in [3.8, 4) is 5.75 Å². The Morgan fingerprint density at radius 1 is 1.14 bits per heavy atom. The number of nitro groups is 1. The van der Waals surface area contributed by atoms with Crippen LogP contribution in [0.3, 0.4) is 0 Å². The number of allylic oxidation sites excluding steroid dienone is 1. The minimum Gasteiger partial charge on any atom is -0.507 e. The minimum atomic E-state index is -0.456. The number of nitrogens with one attached hydrogen (secondary N) is 1. The standard InChI is InChI=1S/C15H13N3O3/c19-15-6-2-1-4-12(15)5-3-11-16-17-13-7-9-14(10-8-13)18(20)21/h1-11,17,19H/b5-3+,16-11+. The van der Waals surface area contributed by atoms with E-state index in [2.05, 4.69) is 10.5 Å². The van der Waals surface area contributed by atoms with Crippen molar-refractivity contribution < 1.29 is 10.0 Å². The van der Waals surface area contributed by atoms with Gasteiger partial charge in [0.1, 0.15) is 5.75 Å². The molecule has 0 saturated carbocycles. The lowest BCUT2D eigenvalue weighted by atomic mass is 10.2. The fourth-order valence-electron chi connectivity index (χ4n) is 1.59. The highest BCUT2D eigenvalue weighted by molar-refractivity contribution is 5.79. The maximum absolute atomic E-state index is 10.5. The molecule has 0 aromatic heterocycles. The van der Waals surface area contributed by atoms with E-state index in [0.29, 0.717) is 11.3 Å². The Hall–Kier alpha value is -3.15. The second kappa shape index (κ2) is 6.85. The number of phenolic OH excluding ortho intramolecular Hbond substituents is 1. The number of hydrogen-bond acceptors (Lipinski definition) is 5. The number of nitrogens with zero attached hydrogens (tertiary/aromatic N) is 2. The third-order valence-electron chi connectivity index (χ3n) is 2.64. The molecule has 0 bridgehead atoms. The second-order valence-electron chi connectivity index (χ2n) is 4.11. The minimum absolute atomic E-state index is 0.0315. The van der Waals surface area contributed by atoms with E-state index in [1.165, 1.54) is 18.3 Å². The quantitative estimate of drug-likeness (QED) is 0.500. The van der Waals surface area contributed by atoms with Crippen LogP contribution in [0.4, 0.5) is 11.4 Å². The zero-order chi connectivity index (χ0) is 15.1. The van der Waals surface area contributed by atoms with Crippen LogP contribution >= 0.6 is 0 Å². The summed E-state index contributed by atoms with van der Waals surface area (Å²) in [6.45, 7) is 0. The average molecular weight is 283 g/mol. The molecule has 0 aliphatic carbocycles. The van der Waals surface area contributed by atoms with Crippen molar-refractivity contribution in [2.45, 2.75) is 0 Å². The van der Waals surface area contributed by atoms with Crippen LogP contribution in [-0.2, 0) is 0 Å². The zero-order valence-corrected chi connectivity index (χ0v) is 11.0. The first-order valence-corrected chi connectivity index (χ1v) is 6.15. The number of nitro benzene ring substituents is 1. The highest BCUT2D eigenvalue weighted by Gasteiger charge is 2.02. The molecular formula is C15H13N3O3. The summed E-state index contributed by atoms with van der Waals surface area (Å²) in [6.07, 6.45) is 4.91. The van der Waals surface area contributed by atoms with E-state index in [9.17, 15) is 15.2 Å². The number of rotatable bonds is 5. The molecule has 0 radical (unpaired) electrons. The first-order chi connectivity index (χ1) is 10.2. The fraction of sp³-hybridized carbons (Fsp3) is 0. The molecule has 0 aliphatic rings. The second-order valence-corrected chi connectivity index (χ2v) is 4.11. The highest BCUT2D eigenvalue weighted by Crippen LogP contribution is 2.17. The largest absolute Gasteiger partial charge is 0.507 e. The van der Waals surface area contributed by atoms with E-state index < -0.39 is 4.92 Å². The molecule has 0 atom stereocenters. The molecule has 106 valence electrons. The summed E-state index contributed by atoms with van der Waals surface area (Å²) in [7, 11) is 0. The van der Waals surface area contributed by atoms with Gasteiger partial charge in [-0.25, -0.2) is 0 Å². The third-order valence-corrected chi connectivity index (χ3v) is 2.64. The van der Waals surface area contributed by atoms with Crippen molar-refractivity contribution in [2.24, 2.45) is 5.10 Å². The SMILES string of the molecule is O=[N+]([O-])c1ccc(N/N=C/C=C/c2ccccc2O)cc1. The van der Waals surface area contributed by atoms with Gasteiger partial charge in [-0.3, -0.25) is 15.5 Å². The number of non-ortho nitro benzene ring substituents is 1. The molecule has 0 spiro atoms. The summed E-state index contributed by atoms with van der Waals surface area (Å²) >= 11 is 0. The topological polar surface area (TPSA) is 87.8 Å². The average Bonchev–Trinajstić information content (AvgIpc) is 2.49. The first-order valence-electron chi connectivity index (χ1n) is 6.15. The van der Waals surface area contributed by atoms with Crippen LogP contribution in [0.15, 0.2) is 59.7 Å². The molecule has 0 fully saturated rings. The normalized spacial score (nSPS) is 11.0. The number of hydrogen-bond donors (Lipinski definition) is 2. The third kappa shape index (κ3) is 4.17. The van der Waals surface area contributed by atoms with Crippen LogP contribution in [0, 0.1) is 10.1 Å². The maximum Gasteiger partial charge on any atom is 0.269 e. The highest BCUT2D eigenvalue weighted by atomic mass is 16.6. The summed E-state index contributed by atoms with van der Waals surface area (Å²) in [5.74, 6) is 0.200. The molecule has 0 saturated heterocycles. The van der Waals surface area contributed by atoms with E-state index in [-0.39, 0.29) is 11.4 Å². The van der Waals surface area contributed by atoms with E-state index in [4.69, 9.17) is 0 Å². The van der Waals surface area contributed by atoms with Crippen LogP contribution < -0.4 is 5.43 Å². The monoisotopic (exact) mass is 283 g/mol. The Morgan fingerprint density at radius 3 is 2.52 bits per heavy atom. The van der Waals surface area contributed by atoms with E-state index in [1.54, 1.807) is 42.5 Å². The number of benzene rings is 2. The summed E-state index contributed by atoms with van der Waals surface area (Å²) < 4.78 is 0. The number of anilines is 1. The van der Waals surface area contributed by atoms with Crippen molar-refractivity contribution >= 4 is 23.7 Å². The Balaban J connectivity index is 1.91. The molecular weight excluding hydrogens is 270 g/mol. The molecule has 21 heavy (non-hydrogen) atoms. The van der Waals surface area contributed by atoms with E-state index in [0.717, 1.165) is 0 Å². The fourth-order valence-corrected chi connectivity index (χ4v) is 1.59. The Kier molecular flexibility index (Phi) is 4.66. The molecule has 2 rings (SSSR count). The predicted octanol–water partition coefficient (Wildman–Crippen LogP) is 3.41. The van der Waals surface area contributed by atoms with Crippen molar-refractivity contribution in [1.29, 1.82) is 0 Å². The molecule has 6 nitrogen and oxygen atoms in total. The molecule has 0 heterocycles. The van der Waals surface area contributed by atoms with Gasteiger partial charge in [0.2, 0.25) is 0 Å². The molecule has 6 heteroatoms. The van der Waals surface area contributed by atoms with Gasteiger partial charge in [0, 0.05) is 23.9 Å². The lowest BCUT2D eigenvalue weighted by molar-refractivity contribution is -0.384. The van der Waals surface area contributed by atoms with Gasteiger partial charge in [0.25, 0.3) is 5.69 Å². The van der Waals surface area contributed by atoms with Crippen LogP contribution in [0.1, 0.15) is 5.56 Å². The molecule has 0 unspecified atom stereocenters. The zero-order valence-electron chi connectivity index (χ0n) is 11.0. The van der Waals surface area contributed by atoms with Gasteiger partial charge in [0.05, 0.1) is 10.6 Å². The van der Waals surface area contributed by atoms with Crippen LogP contribution in [0.5, 0.6) is 5.75 Å². The maximum atomic E-state index is 10.5. The van der Waals surface area contributed by atoms with Gasteiger partial charge in [-0.15, -0.1) is 0 Å². The van der Waals surface area contributed by atoms with E-state index in [1.807, 2.05) is 6.07 Å². The smallest absolute Gasteiger partial charge is 0.269 e. The number of phenols is 1. The van der Waals surface area contributed by atoms with E-state index >= 15 is 0 Å².